The van der Waals surface area contributed by atoms with Crippen LogP contribution in [-0.4, -0.2) is 89.9 Å². The van der Waals surface area contributed by atoms with E-state index in [2.05, 4.69) is 15.4 Å². The van der Waals surface area contributed by atoms with Crippen molar-refractivity contribution in [3.63, 3.8) is 0 Å². The number of carboxylic acids is 1. The van der Waals surface area contributed by atoms with E-state index in [-0.39, 0.29) is 18.8 Å². The van der Waals surface area contributed by atoms with Gasteiger partial charge in [-0.3, -0.25) is 4.79 Å². The Balaban J connectivity index is 1.72. The number of carbonyl (C=O) groups is 2. The number of aromatic nitrogens is 1. The highest BCUT2D eigenvalue weighted by molar-refractivity contribution is 7.57. The number of benzene rings is 1. The molecule has 9 N–H and O–H groups in total. The Morgan fingerprint density at radius 2 is 1.78 bits per heavy atom. The van der Waals surface area contributed by atoms with E-state index >= 15 is 0 Å². The maximum absolute atomic E-state index is 13.1. The van der Waals surface area contributed by atoms with Gasteiger partial charge in [-0.05, 0) is 30.9 Å². The van der Waals surface area contributed by atoms with Crippen LogP contribution in [0.4, 0.5) is 0 Å². The minimum absolute atomic E-state index is 0.0191. The zero-order valence-electron chi connectivity index (χ0n) is 20.7. The molecular weight excluding hydrogens is 509 g/mol. The third-order valence-corrected chi connectivity index (χ3v) is 7.27. The van der Waals surface area contributed by atoms with Gasteiger partial charge in [0, 0.05) is 23.5 Å². The molecule has 0 unspecified atom stereocenters. The smallest absolute Gasteiger partial charge is 0.480 e. The van der Waals surface area contributed by atoms with Crippen molar-refractivity contribution in [2.75, 3.05) is 0 Å². The van der Waals surface area contributed by atoms with Gasteiger partial charge in [0.05, 0.1) is 6.10 Å². The minimum Gasteiger partial charge on any atom is -0.480 e. The first-order chi connectivity index (χ1) is 17.3. The van der Waals surface area contributed by atoms with Crippen molar-refractivity contribution in [3.8, 4) is 0 Å². The van der Waals surface area contributed by atoms with Crippen molar-refractivity contribution >= 4 is 30.9 Å². The van der Waals surface area contributed by atoms with Crippen LogP contribution in [0.1, 0.15) is 32.8 Å². The molecular formula is C23H35N3O10P+. The molecule has 14 heteroatoms. The Morgan fingerprint density at radius 3 is 2.43 bits per heavy atom. The molecule has 0 aliphatic carbocycles. The molecule has 0 bridgehead atoms. The van der Waals surface area contributed by atoms with Crippen LogP contribution in [0.3, 0.4) is 0 Å². The summed E-state index contributed by atoms with van der Waals surface area (Å²) in [5, 5.41) is 45.2. The number of hydrogen-bond acceptors (Lipinski definition) is 10. The lowest BCUT2D eigenvalue weighted by molar-refractivity contribution is -0.271. The zero-order valence-corrected chi connectivity index (χ0v) is 21.6. The number of carbonyl (C=O) groups excluding carboxylic acids is 1. The Morgan fingerprint density at radius 1 is 1.11 bits per heavy atom. The number of aliphatic hydroxyl groups excluding tert-OH is 3. The molecule has 2 aromatic rings. The summed E-state index contributed by atoms with van der Waals surface area (Å²) in [4.78, 5) is 49.2. The van der Waals surface area contributed by atoms with E-state index in [0.717, 1.165) is 10.9 Å². The number of para-hydroxylation sites is 1. The number of amides is 1. The molecule has 0 saturated carbocycles. The molecule has 7 atom stereocenters. The predicted molar refractivity (Wildman–Crippen MR) is 133 cm³/mol. The van der Waals surface area contributed by atoms with Gasteiger partial charge in [0.1, 0.15) is 30.4 Å². The van der Waals surface area contributed by atoms with E-state index in [9.17, 15) is 39.8 Å². The summed E-state index contributed by atoms with van der Waals surface area (Å²) in [6.07, 6.45) is -5.83. The minimum atomic E-state index is -4.58. The molecule has 1 saturated heterocycles. The van der Waals surface area contributed by atoms with Crippen LogP contribution in [0.5, 0.6) is 0 Å². The van der Waals surface area contributed by atoms with Gasteiger partial charge >= 0.3 is 14.1 Å². The first-order valence-electron chi connectivity index (χ1n) is 11.9. The molecule has 1 aliphatic heterocycles. The number of aliphatic hydroxyl groups is 3. The third-order valence-electron chi connectivity index (χ3n) is 6.12. The van der Waals surface area contributed by atoms with E-state index in [1.54, 1.807) is 20.0 Å². The Bertz CT molecular complexity index is 1080. The fourth-order valence-electron chi connectivity index (χ4n) is 4.16. The van der Waals surface area contributed by atoms with Gasteiger partial charge in [-0.2, -0.15) is 9.79 Å². The molecule has 37 heavy (non-hydrogen) atoms. The van der Waals surface area contributed by atoms with Gasteiger partial charge in [0.15, 0.2) is 0 Å². The van der Waals surface area contributed by atoms with Crippen molar-refractivity contribution in [1.29, 1.82) is 0 Å². The molecule has 1 aromatic carbocycles. The summed E-state index contributed by atoms with van der Waals surface area (Å²) in [5.41, 5.74) is 1.50. The van der Waals surface area contributed by atoms with E-state index in [1.807, 2.05) is 24.3 Å². The lowest BCUT2D eigenvalue weighted by Crippen LogP contribution is -2.57. The normalized spacial score (nSPS) is 26.2. The number of rotatable bonds is 11. The van der Waals surface area contributed by atoms with Crippen LogP contribution in [0, 0.1) is 5.92 Å². The second-order valence-corrected chi connectivity index (χ2v) is 11.2. The van der Waals surface area contributed by atoms with E-state index in [1.165, 1.54) is 6.92 Å². The Hall–Kier alpha value is -2.19. The fraction of sp³-hybridized carbons (Fsp3) is 0.565. The lowest BCUT2D eigenvalue weighted by atomic mass is 10.0. The van der Waals surface area contributed by atoms with Crippen LogP contribution in [0.2, 0.25) is 0 Å². The molecule has 1 aliphatic rings. The van der Waals surface area contributed by atoms with Crippen molar-refractivity contribution in [2.45, 2.75) is 76.4 Å². The molecule has 0 spiro atoms. The molecule has 1 aromatic heterocycles. The summed E-state index contributed by atoms with van der Waals surface area (Å²) in [5.74, 6) is -2.19. The molecule has 3 rings (SSSR count). The number of nitrogens with one attached hydrogen (secondary N) is 3. The number of hydrogen-bond donors (Lipinski definition) is 9. The number of ether oxygens (including phenoxy) is 1. The van der Waals surface area contributed by atoms with Crippen LogP contribution in [-0.2, 0) is 25.3 Å². The Kier molecular flexibility index (Phi) is 9.62. The summed E-state index contributed by atoms with van der Waals surface area (Å²) in [6, 6.07) is 4.74. The third kappa shape index (κ3) is 7.44. The highest BCUT2D eigenvalue weighted by Crippen LogP contribution is 2.50. The van der Waals surface area contributed by atoms with E-state index in [4.69, 9.17) is 9.26 Å². The van der Waals surface area contributed by atoms with Crippen LogP contribution >= 0.6 is 8.09 Å². The summed E-state index contributed by atoms with van der Waals surface area (Å²) >= 11 is 0. The van der Waals surface area contributed by atoms with Crippen molar-refractivity contribution in [2.24, 2.45) is 5.92 Å². The average molecular weight is 545 g/mol. The zero-order chi connectivity index (χ0) is 27.5. The highest BCUT2D eigenvalue weighted by Gasteiger charge is 2.52. The van der Waals surface area contributed by atoms with Crippen molar-refractivity contribution < 1.29 is 49.1 Å². The molecule has 0 radical (unpaired) electrons. The lowest BCUT2D eigenvalue weighted by Gasteiger charge is -2.38. The summed E-state index contributed by atoms with van der Waals surface area (Å²) in [6.45, 7) is 4.96. The Labute approximate surface area is 214 Å². The average Bonchev–Trinajstić information content (AvgIpc) is 3.22. The maximum atomic E-state index is 13.1. The fourth-order valence-corrected chi connectivity index (χ4v) is 5.31. The monoisotopic (exact) mass is 544 g/mol. The molecule has 206 valence electrons. The molecule has 13 nitrogen and oxygen atoms in total. The van der Waals surface area contributed by atoms with E-state index < -0.39 is 62.8 Å². The second kappa shape index (κ2) is 12.1. The standard InChI is InChI=1S/C23H34N3O10P/c1-11(2)8-16(26-37(33,34)36-23-20(29)19(28)18(27)12(3)35-23)21(30)25-17(22(31)32)9-13-10-24-15-7-5-4-6-14(13)15/h4-7,10-12,16-20,23-24,26-29,33-34H,8-9H2,1-3H3,(H-,25,30,31,32)/p+1/t12-,16-,17-,18-,19+,20+,23-/m0/s1. The molecule has 1 fully saturated rings. The largest absolute Gasteiger partial charge is 0.499 e. The van der Waals surface area contributed by atoms with Gasteiger partial charge in [0.25, 0.3) is 0 Å². The number of H-pyrrole nitrogens is 1. The number of carboxylic acid groups (broad SMARTS) is 1. The molecule has 1 amide bonds. The summed E-state index contributed by atoms with van der Waals surface area (Å²) < 4.78 is 10.3. The van der Waals surface area contributed by atoms with Crippen molar-refractivity contribution in [3.05, 3.63) is 36.0 Å². The van der Waals surface area contributed by atoms with E-state index in [0.29, 0.717) is 5.56 Å². The first kappa shape index (κ1) is 29.4. The van der Waals surface area contributed by atoms with Gasteiger partial charge in [-0.25, -0.2) is 4.79 Å². The van der Waals surface area contributed by atoms with Crippen LogP contribution in [0.25, 0.3) is 10.9 Å². The highest BCUT2D eigenvalue weighted by atomic mass is 31.2. The predicted octanol–water partition coefficient (Wildman–Crippen LogP) is -0.210. The van der Waals surface area contributed by atoms with Gasteiger partial charge in [-0.1, -0.05) is 32.0 Å². The second-order valence-electron chi connectivity index (χ2n) is 9.61. The number of aromatic amines is 1. The van der Waals surface area contributed by atoms with Gasteiger partial charge in [0.2, 0.25) is 12.2 Å². The molecule has 2 heterocycles. The van der Waals surface area contributed by atoms with Crippen LogP contribution < -0.4 is 10.4 Å². The maximum Gasteiger partial charge on any atom is 0.499 e. The van der Waals surface area contributed by atoms with Crippen LogP contribution in [0.15, 0.2) is 30.5 Å². The topological polar surface area (TPSA) is 214 Å². The quantitative estimate of drug-likeness (QED) is 0.169. The van der Waals surface area contributed by atoms with Crippen molar-refractivity contribution in [1.82, 2.24) is 15.4 Å². The first-order valence-corrected chi connectivity index (χ1v) is 13.5. The number of aliphatic carboxylic acids is 1. The summed E-state index contributed by atoms with van der Waals surface area (Å²) in [7, 11) is -4.58. The SMILES string of the molecule is CC(C)C[C@H](N[P+](O)(O)O[C@@H]1O[C@@H](C)[C@H](O)[C@@H](O)[C@H]1O)C(=O)N[C@@H](Cc1c[nH]c2ccccc12)C(=O)O. The van der Waals surface area contributed by atoms with Gasteiger partial charge in [-0.15, -0.1) is 9.61 Å². The van der Waals surface area contributed by atoms with Gasteiger partial charge < -0.3 is 35.5 Å². The number of fused-ring (bicyclic) bond motifs is 1.